The van der Waals surface area contributed by atoms with Gasteiger partial charge >= 0.3 is 5.69 Å². The van der Waals surface area contributed by atoms with Crippen LogP contribution in [0.5, 0.6) is 0 Å². The van der Waals surface area contributed by atoms with Gasteiger partial charge in [-0.25, -0.2) is 4.79 Å². The van der Waals surface area contributed by atoms with Gasteiger partial charge in [-0.2, -0.15) is 4.98 Å². The summed E-state index contributed by atoms with van der Waals surface area (Å²) in [6, 6.07) is 9.67. The van der Waals surface area contributed by atoms with Gasteiger partial charge in [0.2, 0.25) is 5.95 Å². The highest BCUT2D eigenvalue weighted by molar-refractivity contribution is 5.79. The van der Waals surface area contributed by atoms with E-state index in [4.69, 9.17) is 10.7 Å². The summed E-state index contributed by atoms with van der Waals surface area (Å²) in [7, 11) is 1.65. The number of nitrogens with two attached hydrogens (primary N) is 1. The number of anilines is 1. The number of aromatic nitrogens is 5. The van der Waals surface area contributed by atoms with Crippen molar-refractivity contribution in [3.63, 3.8) is 0 Å². The fourth-order valence-electron chi connectivity index (χ4n) is 4.63. The molecular weight excluding hydrogens is 430 g/mol. The fourth-order valence-corrected chi connectivity index (χ4v) is 4.63. The molecule has 0 spiro atoms. The van der Waals surface area contributed by atoms with E-state index in [2.05, 4.69) is 21.7 Å². The van der Waals surface area contributed by atoms with Gasteiger partial charge in [-0.05, 0) is 37.5 Å². The largest absolute Gasteiger partial charge is 0.341 e. The van der Waals surface area contributed by atoms with Crippen LogP contribution in [0.4, 0.5) is 5.95 Å². The molecule has 34 heavy (non-hydrogen) atoms. The maximum atomic E-state index is 13.7. The Kier molecular flexibility index (Phi) is 5.67. The lowest BCUT2D eigenvalue weighted by Crippen LogP contribution is -2.44. The van der Waals surface area contributed by atoms with Gasteiger partial charge in [0, 0.05) is 37.8 Å². The van der Waals surface area contributed by atoms with E-state index in [1.807, 2.05) is 34.9 Å². The van der Waals surface area contributed by atoms with Crippen LogP contribution >= 0.6 is 0 Å². The molecule has 0 saturated carbocycles. The van der Waals surface area contributed by atoms with Crippen molar-refractivity contribution in [1.29, 1.82) is 0 Å². The van der Waals surface area contributed by atoms with Crippen molar-refractivity contribution in [3.05, 3.63) is 62.9 Å². The molecule has 1 aliphatic heterocycles. The number of fused-ring (bicyclic) bond motifs is 2. The highest BCUT2D eigenvalue weighted by Crippen LogP contribution is 2.23. The van der Waals surface area contributed by atoms with Crippen molar-refractivity contribution >= 4 is 28.0 Å². The molecule has 9 nitrogen and oxygen atoms in total. The Bertz CT molecular complexity index is 1570. The van der Waals surface area contributed by atoms with E-state index in [1.165, 1.54) is 9.13 Å². The molecule has 1 aliphatic rings. The van der Waals surface area contributed by atoms with Gasteiger partial charge in [-0.1, -0.05) is 24.1 Å². The Morgan fingerprint density at radius 2 is 2.06 bits per heavy atom. The zero-order valence-corrected chi connectivity index (χ0v) is 19.4. The number of nitrogens with zero attached hydrogens (tertiary/aromatic N) is 6. The van der Waals surface area contributed by atoms with E-state index in [9.17, 15) is 9.59 Å². The predicted octanol–water partition coefficient (Wildman–Crippen LogP) is 1.44. The van der Waals surface area contributed by atoms with Gasteiger partial charge in [0.15, 0.2) is 11.2 Å². The number of piperidine rings is 1. The van der Waals surface area contributed by atoms with E-state index < -0.39 is 5.69 Å². The molecule has 1 unspecified atom stereocenters. The molecule has 0 radical (unpaired) electrons. The number of imidazole rings is 1. The van der Waals surface area contributed by atoms with Crippen LogP contribution in [-0.4, -0.2) is 42.8 Å². The lowest BCUT2D eigenvalue weighted by atomic mass is 10.1. The average molecular weight is 458 g/mol. The summed E-state index contributed by atoms with van der Waals surface area (Å²) in [5.41, 5.74) is 7.80. The quantitative estimate of drug-likeness (QED) is 0.465. The lowest BCUT2D eigenvalue weighted by molar-refractivity contribution is 0.496. The van der Waals surface area contributed by atoms with Gasteiger partial charge < -0.3 is 10.6 Å². The monoisotopic (exact) mass is 457 g/mol. The number of hydrogen-bond donors (Lipinski definition) is 1. The standard InChI is InChI=1S/C25H27N7O2/c1-3-4-13-31-21-22(28-24(31)30-12-6-8-19(26)16-30)29(2)25(34)32(23(21)33)15-17-9-10-18-7-5-11-27-20(18)14-17/h5,7,9-11,14,19H,6,8,12-13,15-16,26H2,1-2H3. The number of aryl methyl sites for hydroxylation is 1. The summed E-state index contributed by atoms with van der Waals surface area (Å²) in [6.07, 6.45) is 3.63. The van der Waals surface area contributed by atoms with Crippen molar-refractivity contribution < 1.29 is 0 Å². The number of hydrogen-bond acceptors (Lipinski definition) is 6. The van der Waals surface area contributed by atoms with Crippen LogP contribution in [0, 0.1) is 11.8 Å². The van der Waals surface area contributed by atoms with Gasteiger partial charge in [0.25, 0.3) is 5.56 Å². The summed E-state index contributed by atoms with van der Waals surface area (Å²) in [5.74, 6) is 6.59. The topological polar surface area (TPSA) is 104 Å². The number of benzene rings is 1. The third kappa shape index (κ3) is 3.76. The van der Waals surface area contributed by atoms with Crippen LogP contribution < -0.4 is 21.9 Å². The fraction of sp³-hybridized carbons (Fsp3) is 0.360. The normalized spacial score (nSPS) is 16.1. The lowest BCUT2D eigenvalue weighted by Gasteiger charge is -2.31. The third-order valence-corrected chi connectivity index (χ3v) is 6.38. The Labute approximate surface area is 196 Å². The van der Waals surface area contributed by atoms with E-state index in [-0.39, 0.29) is 18.1 Å². The highest BCUT2D eigenvalue weighted by Gasteiger charge is 2.26. The Morgan fingerprint density at radius 1 is 1.21 bits per heavy atom. The first-order chi connectivity index (χ1) is 16.5. The predicted molar refractivity (Wildman–Crippen MR) is 133 cm³/mol. The molecule has 3 aromatic heterocycles. The minimum atomic E-state index is -0.410. The van der Waals surface area contributed by atoms with Crippen LogP contribution in [0.1, 0.15) is 25.3 Å². The SMILES string of the molecule is CC#CCn1c(N2CCCC(N)C2)nc2c1c(=O)n(Cc1ccc3cccnc3c1)c(=O)n2C. The van der Waals surface area contributed by atoms with Crippen LogP contribution in [0.3, 0.4) is 0 Å². The zero-order valence-electron chi connectivity index (χ0n) is 19.4. The second kappa shape index (κ2) is 8.80. The molecule has 174 valence electrons. The van der Waals surface area contributed by atoms with Crippen molar-refractivity contribution in [2.45, 2.75) is 38.9 Å². The van der Waals surface area contributed by atoms with E-state index in [1.54, 1.807) is 20.2 Å². The van der Waals surface area contributed by atoms with Crippen LogP contribution in [0.15, 0.2) is 46.1 Å². The Hall–Kier alpha value is -3.90. The molecule has 4 aromatic rings. The van der Waals surface area contributed by atoms with Crippen LogP contribution in [0.2, 0.25) is 0 Å². The molecule has 0 bridgehead atoms. The minimum Gasteiger partial charge on any atom is -0.341 e. The molecule has 2 N–H and O–H groups in total. The highest BCUT2D eigenvalue weighted by atomic mass is 16.2. The maximum absolute atomic E-state index is 13.7. The summed E-state index contributed by atoms with van der Waals surface area (Å²) < 4.78 is 4.53. The molecule has 4 heterocycles. The van der Waals surface area contributed by atoms with Crippen molar-refractivity contribution in [2.75, 3.05) is 18.0 Å². The average Bonchev–Trinajstić information content (AvgIpc) is 3.23. The third-order valence-electron chi connectivity index (χ3n) is 6.38. The molecule has 0 amide bonds. The summed E-state index contributed by atoms with van der Waals surface area (Å²) in [6.45, 7) is 3.65. The maximum Gasteiger partial charge on any atom is 0.332 e. The smallest absolute Gasteiger partial charge is 0.332 e. The number of pyridine rings is 1. The van der Waals surface area contributed by atoms with Gasteiger partial charge in [0.1, 0.15) is 0 Å². The first kappa shape index (κ1) is 21.9. The second-order valence-electron chi connectivity index (χ2n) is 8.71. The van der Waals surface area contributed by atoms with E-state index >= 15 is 0 Å². The van der Waals surface area contributed by atoms with Gasteiger partial charge in [0.05, 0.1) is 18.6 Å². The number of rotatable bonds is 4. The van der Waals surface area contributed by atoms with Crippen molar-refractivity contribution in [1.82, 2.24) is 23.7 Å². The van der Waals surface area contributed by atoms with Crippen molar-refractivity contribution in [3.8, 4) is 11.8 Å². The van der Waals surface area contributed by atoms with E-state index in [0.717, 1.165) is 35.9 Å². The summed E-state index contributed by atoms with van der Waals surface area (Å²) in [4.78, 5) is 38.1. The summed E-state index contributed by atoms with van der Waals surface area (Å²) in [5, 5.41) is 1.00. The molecule has 1 aromatic carbocycles. The van der Waals surface area contributed by atoms with Gasteiger partial charge in [-0.15, -0.1) is 5.92 Å². The van der Waals surface area contributed by atoms with Crippen LogP contribution in [-0.2, 0) is 20.1 Å². The molecule has 0 aliphatic carbocycles. The van der Waals surface area contributed by atoms with Gasteiger partial charge in [-0.3, -0.25) is 23.5 Å². The molecular formula is C25H27N7O2. The Balaban J connectivity index is 1.68. The first-order valence-electron chi connectivity index (χ1n) is 11.4. The first-order valence-corrected chi connectivity index (χ1v) is 11.4. The molecule has 9 heteroatoms. The van der Waals surface area contributed by atoms with E-state index in [0.29, 0.717) is 30.2 Å². The molecule has 5 rings (SSSR count). The molecule has 1 saturated heterocycles. The molecule has 1 fully saturated rings. The summed E-state index contributed by atoms with van der Waals surface area (Å²) >= 11 is 0. The minimum absolute atomic E-state index is 0.0428. The molecule has 1 atom stereocenters. The van der Waals surface area contributed by atoms with Crippen molar-refractivity contribution in [2.24, 2.45) is 12.8 Å². The second-order valence-corrected chi connectivity index (χ2v) is 8.71. The Morgan fingerprint density at radius 3 is 2.85 bits per heavy atom. The zero-order chi connectivity index (χ0) is 23.8. The van der Waals surface area contributed by atoms with Crippen LogP contribution in [0.25, 0.3) is 22.1 Å².